The van der Waals surface area contributed by atoms with Gasteiger partial charge in [-0.05, 0) is 36.0 Å². The molecule has 2 heterocycles. The molecule has 0 aliphatic rings. The van der Waals surface area contributed by atoms with Crippen molar-refractivity contribution < 1.29 is 9.47 Å². The maximum Gasteiger partial charge on any atom is 0.217 e. The summed E-state index contributed by atoms with van der Waals surface area (Å²) in [6.07, 6.45) is 1.65. The summed E-state index contributed by atoms with van der Waals surface area (Å²) in [6.45, 7) is 0. The van der Waals surface area contributed by atoms with Gasteiger partial charge in [-0.25, -0.2) is 4.98 Å². The summed E-state index contributed by atoms with van der Waals surface area (Å²) in [4.78, 5) is 8.47. The molecule has 1 aromatic carbocycles. The van der Waals surface area contributed by atoms with E-state index in [-0.39, 0.29) is 0 Å². The molecule has 0 bridgehead atoms. The van der Waals surface area contributed by atoms with Crippen molar-refractivity contribution in [2.24, 2.45) is 7.05 Å². The van der Waals surface area contributed by atoms with E-state index in [1.54, 1.807) is 26.5 Å². The fourth-order valence-electron chi connectivity index (χ4n) is 1.96. The normalized spacial score (nSPS) is 10.6. The molecule has 0 radical (unpaired) electrons. The summed E-state index contributed by atoms with van der Waals surface area (Å²) in [6, 6.07) is 9.37. The van der Waals surface area contributed by atoms with Crippen molar-refractivity contribution in [1.29, 1.82) is 0 Å². The first-order valence-corrected chi connectivity index (χ1v) is 7.61. The first-order chi connectivity index (χ1) is 11.2. The van der Waals surface area contributed by atoms with Gasteiger partial charge in [-0.15, -0.1) is 10.2 Å². The second kappa shape index (κ2) is 6.66. The molecule has 0 spiro atoms. The van der Waals surface area contributed by atoms with Gasteiger partial charge in [-0.1, -0.05) is 0 Å². The van der Waals surface area contributed by atoms with Crippen molar-refractivity contribution in [1.82, 2.24) is 24.7 Å². The van der Waals surface area contributed by atoms with E-state index in [9.17, 15) is 0 Å². The van der Waals surface area contributed by atoms with Crippen molar-refractivity contribution in [2.45, 2.75) is 10.3 Å². The van der Waals surface area contributed by atoms with E-state index in [2.05, 4.69) is 20.2 Å². The fourth-order valence-corrected chi connectivity index (χ4v) is 2.68. The number of aromatic nitrogens is 5. The lowest BCUT2D eigenvalue weighted by Crippen LogP contribution is -1.96. The highest BCUT2D eigenvalue weighted by Crippen LogP contribution is 2.27. The Morgan fingerprint density at radius 1 is 1.00 bits per heavy atom. The maximum atomic E-state index is 5.17. The van der Waals surface area contributed by atoms with Crippen molar-refractivity contribution in [3.8, 4) is 23.0 Å². The number of benzene rings is 1. The minimum atomic E-state index is 0.514. The van der Waals surface area contributed by atoms with E-state index < -0.39 is 0 Å². The van der Waals surface area contributed by atoms with Crippen molar-refractivity contribution in [2.75, 3.05) is 14.2 Å². The van der Waals surface area contributed by atoms with Crippen LogP contribution in [0.1, 0.15) is 0 Å². The van der Waals surface area contributed by atoms with Gasteiger partial charge in [-0.3, -0.25) is 0 Å². The molecule has 3 aromatic rings. The second-order valence-corrected chi connectivity index (χ2v) is 5.51. The Kier molecular flexibility index (Phi) is 4.42. The molecule has 23 heavy (non-hydrogen) atoms. The number of nitrogens with zero attached hydrogens (tertiary/aromatic N) is 5. The number of rotatable bonds is 5. The maximum absolute atomic E-state index is 5.17. The van der Waals surface area contributed by atoms with Gasteiger partial charge in [0, 0.05) is 24.9 Å². The van der Waals surface area contributed by atoms with Crippen molar-refractivity contribution in [3.63, 3.8) is 0 Å². The van der Waals surface area contributed by atoms with E-state index in [4.69, 9.17) is 9.47 Å². The summed E-state index contributed by atoms with van der Waals surface area (Å²) < 4.78 is 12.2. The predicted octanol–water partition coefficient (Wildman–Crippen LogP) is 2.44. The molecular formula is C15H15N5O2S. The van der Waals surface area contributed by atoms with E-state index in [0.29, 0.717) is 16.2 Å². The van der Waals surface area contributed by atoms with Gasteiger partial charge < -0.3 is 14.0 Å². The van der Waals surface area contributed by atoms with Crippen molar-refractivity contribution in [3.05, 3.63) is 36.5 Å². The van der Waals surface area contributed by atoms with Crippen LogP contribution in [0.25, 0.3) is 11.4 Å². The third-order valence-electron chi connectivity index (χ3n) is 3.18. The van der Waals surface area contributed by atoms with Gasteiger partial charge in [0.05, 0.1) is 14.2 Å². The molecule has 7 nitrogen and oxygen atoms in total. The molecule has 0 unspecified atom stereocenters. The highest BCUT2D eigenvalue weighted by Gasteiger charge is 2.13. The Bertz CT molecular complexity index is 804. The van der Waals surface area contributed by atoms with Gasteiger partial charge in [-0.2, -0.15) is 4.98 Å². The molecule has 0 aliphatic carbocycles. The third-order valence-corrected chi connectivity index (χ3v) is 4.10. The number of hydrogen-bond acceptors (Lipinski definition) is 7. The Morgan fingerprint density at radius 2 is 1.78 bits per heavy atom. The Labute approximate surface area is 137 Å². The molecule has 2 aromatic heterocycles. The Morgan fingerprint density at radius 3 is 2.48 bits per heavy atom. The smallest absolute Gasteiger partial charge is 0.217 e. The predicted molar refractivity (Wildman–Crippen MR) is 85.7 cm³/mol. The summed E-state index contributed by atoms with van der Waals surface area (Å²) in [7, 11) is 5.11. The minimum Gasteiger partial charge on any atom is -0.497 e. The average Bonchev–Trinajstić information content (AvgIpc) is 2.96. The molecule has 0 fully saturated rings. The van der Waals surface area contributed by atoms with Gasteiger partial charge in [0.1, 0.15) is 5.75 Å². The van der Waals surface area contributed by atoms with Gasteiger partial charge >= 0.3 is 0 Å². The zero-order valence-corrected chi connectivity index (χ0v) is 13.7. The molecule has 118 valence electrons. The molecule has 3 rings (SSSR count). The third kappa shape index (κ3) is 3.26. The van der Waals surface area contributed by atoms with Crippen LogP contribution in [0.5, 0.6) is 11.6 Å². The highest BCUT2D eigenvalue weighted by molar-refractivity contribution is 7.99. The van der Waals surface area contributed by atoms with Crippen molar-refractivity contribution >= 4 is 11.8 Å². The van der Waals surface area contributed by atoms with Crippen LogP contribution >= 0.6 is 11.8 Å². The molecule has 0 saturated carbocycles. The second-order valence-electron chi connectivity index (χ2n) is 4.58. The first-order valence-electron chi connectivity index (χ1n) is 6.80. The number of hydrogen-bond donors (Lipinski definition) is 0. The van der Waals surface area contributed by atoms with E-state index in [1.807, 2.05) is 35.9 Å². The van der Waals surface area contributed by atoms with E-state index >= 15 is 0 Å². The monoisotopic (exact) mass is 329 g/mol. The van der Waals surface area contributed by atoms with Crippen LogP contribution in [-0.4, -0.2) is 39.0 Å². The van der Waals surface area contributed by atoms with E-state index in [0.717, 1.165) is 17.1 Å². The zero-order chi connectivity index (χ0) is 16.2. The van der Waals surface area contributed by atoms with Gasteiger partial charge in [0.25, 0.3) is 0 Å². The van der Waals surface area contributed by atoms with E-state index in [1.165, 1.54) is 11.8 Å². The molecule has 8 heteroatoms. The molecule has 0 N–H and O–H groups in total. The quantitative estimate of drug-likeness (QED) is 0.665. The molecule has 0 amide bonds. The Balaban J connectivity index is 1.86. The van der Waals surface area contributed by atoms with Gasteiger partial charge in [0.15, 0.2) is 16.1 Å². The molecule has 0 aliphatic heterocycles. The lowest BCUT2D eigenvalue weighted by atomic mass is 10.2. The molecular weight excluding hydrogens is 314 g/mol. The lowest BCUT2D eigenvalue weighted by molar-refractivity contribution is 0.392. The standard InChI is InChI=1S/C15H15N5O2S/c1-20-13(10-4-6-11(21-2)7-5-10)18-19-15(20)23-14-16-9-8-12(17-14)22-3/h4-9H,1-3H3. The lowest BCUT2D eigenvalue weighted by Gasteiger charge is -2.05. The number of ether oxygens (including phenoxy) is 2. The van der Waals surface area contributed by atoms with Gasteiger partial charge in [0.2, 0.25) is 5.88 Å². The summed E-state index contributed by atoms with van der Waals surface area (Å²) in [5.74, 6) is 2.08. The Hall–Kier alpha value is -2.61. The summed E-state index contributed by atoms with van der Waals surface area (Å²) in [5.41, 5.74) is 0.958. The van der Waals surface area contributed by atoms with Crippen LogP contribution in [0.3, 0.4) is 0 Å². The first kappa shape index (κ1) is 15.3. The van der Waals surface area contributed by atoms with Crippen LogP contribution in [-0.2, 0) is 7.05 Å². The minimum absolute atomic E-state index is 0.514. The molecule has 0 saturated heterocycles. The summed E-state index contributed by atoms with van der Waals surface area (Å²) in [5, 5.41) is 9.71. The average molecular weight is 329 g/mol. The fraction of sp³-hybridized carbons (Fsp3) is 0.200. The van der Waals surface area contributed by atoms with Crippen LogP contribution in [0.2, 0.25) is 0 Å². The largest absolute Gasteiger partial charge is 0.497 e. The van der Waals surface area contributed by atoms with Crippen LogP contribution in [0.4, 0.5) is 0 Å². The number of methoxy groups -OCH3 is 2. The molecule has 0 atom stereocenters. The van der Waals surface area contributed by atoms with Crippen LogP contribution < -0.4 is 9.47 Å². The SMILES string of the molecule is COc1ccc(-c2nnc(Sc3nccc(OC)n3)n2C)cc1. The topological polar surface area (TPSA) is 75.0 Å². The summed E-state index contributed by atoms with van der Waals surface area (Å²) >= 11 is 1.33. The van der Waals surface area contributed by atoms with Crippen LogP contribution in [0, 0.1) is 0 Å². The highest BCUT2D eigenvalue weighted by atomic mass is 32.2. The zero-order valence-electron chi connectivity index (χ0n) is 12.9. The van der Waals surface area contributed by atoms with Crippen LogP contribution in [0.15, 0.2) is 46.8 Å².